The summed E-state index contributed by atoms with van der Waals surface area (Å²) in [5, 5.41) is 0. The molecule has 2 amide bonds. The van der Waals surface area contributed by atoms with E-state index in [4.69, 9.17) is 23.9 Å². The van der Waals surface area contributed by atoms with Crippen LogP contribution in [0.15, 0.2) is 101 Å². The van der Waals surface area contributed by atoms with Crippen LogP contribution in [0.2, 0.25) is 0 Å². The zero-order valence-corrected chi connectivity index (χ0v) is 38.0. The molecule has 3 aromatic heterocycles. The first-order valence-electron chi connectivity index (χ1n) is 23.9. The van der Waals surface area contributed by atoms with Gasteiger partial charge >= 0.3 is 0 Å². The number of aromatic amines is 2. The van der Waals surface area contributed by atoms with Gasteiger partial charge in [-0.3, -0.25) is 29.2 Å². The van der Waals surface area contributed by atoms with Crippen molar-refractivity contribution < 1.29 is 23.5 Å². The minimum absolute atomic E-state index is 0.0647. The van der Waals surface area contributed by atoms with Crippen molar-refractivity contribution in [2.75, 3.05) is 131 Å². The number of aromatic nitrogens is 4. The molecular formula is C52H58N10O5. The molecule has 4 aliphatic heterocycles. The molecule has 0 unspecified atom stereocenters. The molecule has 0 radical (unpaired) electrons. The molecule has 0 aliphatic carbocycles. The summed E-state index contributed by atoms with van der Waals surface area (Å²) >= 11 is 0. The average Bonchev–Trinajstić information content (AvgIpc) is 4.17. The third-order valence-electron chi connectivity index (χ3n) is 13.9. The number of fused-ring (bicyclic) bond motifs is 2. The minimum atomic E-state index is 0.0647. The summed E-state index contributed by atoms with van der Waals surface area (Å²) in [6.07, 6.45) is 0. The number of benzene rings is 4. The number of hydrogen-bond acceptors (Lipinski definition) is 11. The lowest BCUT2D eigenvalue weighted by atomic mass is 10.1. The van der Waals surface area contributed by atoms with Crippen LogP contribution < -0.4 is 0 Å². The first-order chi connectivity index (χ1) is 33.0. The summed E-state index contributed by atoms with van der Waals surface area (Å²) in [6.45, 7) is 17.9. The molecule has 15 heteroatoms. The minimum Gasteiger partial charge on any atom is -0.456 e. The molecule has 346 valence electrons. The first kappa shape index (κ1) is 43.4. The molecule has 4 fully saturated rings. The van der Waals surface area contributed by atoms with E-state index in [1.165, 1.54) is 0 Å². The lowest BCUT2D eigenvalue weighted by molar-refractivity contribution is 0.0293. The summed E-state index contributed by atoms with van der Waals surface area (Å²) in [7, 11) is 0. The van der Waals surface area contributed by atoms with Gasteiger partial charge < -0.3 is 33.7 Å². The maximum Gasteiger partial charge on any atom is 0.254 e. The van der Waals surface area contributed by atoms with Crippen molar-refractivity contribution in [3.8, 4) is 45.4 Å². The van der Waals surface area contributed by atoms with Crippen LogP contribution in [0.25, 0.3) is 67.5 Å². The van der Waals surface area contributed by atoms with Crippen molar-refractivity contribution in [3.63, 3.8) is 0 Å². The molecule has 0 bridgehead atoms. The molecule has 7 aromatic rings. The van der Waals surface area contributed by atoms with E-state index < -0.39 is 0 Å². The Morgan fingerprint density at radius 1 is 0.433 bits per heavy atom. The van der Waals surface area contributed by atoms with Crippen LogP contribution in [0.3, 0.4) is 0 Å². The van der Waals surface area contributed by atoms with Gasteiger partial charge in [0.05, 0.1) is 48.5 Å². The number of rotatable bonds is 12. The molecule has 7 heterocycles. The fourth-order valence-corrected chi connectivity index (χ4v) is 9.72. The average molecular weight is 903 g/mol. The number of nitrogens with one attached hydrogen (secondary N) is 2. The highest BCUT2D eigenvalue weighted by Crippen LogP contribution is 2.32. The summed E-state index contributed by atoms with van der Waals surface area (Å²) in [4.78, 5) is 57.5. The fourth-order valence-electron chi connectivity index (χ4n) is 9.72. The number of furan rings is 1. The number of hydrogen-bond donors (Lipinski definition) is 2. The lowest BCUT2D eigenvalue weighted by Crippen LogP contribution is -2.51. The third kappa shape index (κ3) is 9.80. The molecule has 0 saturated carbocycles. The number of H-pyrrole nitrogens is 2. The molecule has 4 aliphatic rings. The van der Waals surface area contributed by atoms with Gasteiger partial charge in [-0.1, -0.05) is 48.5 Å². The van der Waals surface area contributed by atoms with Crippen molar-refractivity contribution in [2.24, 2.45) is 0 Å². The molecule has 15 nitrogen and oxygen atoms in total. The number of morpholine rings is 2. The first-order valence-corrected chi connectivity index (χ1v) is 23.9. The lowest BCUT2D eigenvalue weighted by Gasteiger charge is -2.36. The Morgan fingerprint density at radius 3 is 1.18 bits per heavy atom. The predicted octanol–water partition coefficient (Wildman–Crippen LogP) is 5.88. The maximum absolute atomic E-state index is 13.5. The molecule has 4 aromatic carbocycles. The number of amides is 2. The van der Waals surface area contributed by atoms with Crippen molar-refractivity contribution >= 4 is 33.9 Å². The number of nitrogens with zero attached hydrogens (tertiary/aromatic N) is 8. The number of ether oxygens (including phenoxy) is 2. The monoisotopic (exact) mass is 902 g/mol. The highest BCUT2D eigenvalue weighted by Gasteiger charge is 2.25. The molecule has 67 heavy (non-hydrogen) atoms. The van der Waals surface area contributed by atoms with E-state index in [-0.39, 0.29) is 11.8 Å². The van der Waals surface area contributed by atoms with Crippen molar-refractivity contribution in [1.29, 1.82) is 0 Å². The van der Waals surface area contributed by atoms with E-state index in [0.717, 1.165) is 199 Å². The zero-order chi connectivity index (χ0) is 45.1. The van der Waals surface area contributed by atoms with Crippen LogP contribution in [0, 0.1) is 0 Å². The van der Waals surface area contributed by atoms with Crippen LogP contribution >= 0.6 is 0 Å². The second-order valence-corrected chi connectivity index (χ2v) is 18.1. The van der Waals surface area contributed by atoms with Crippen molar-refractivity contribution in [3.05, 3.63) is 108 Å². The Kier molecular flexibility index (Phi) is 12.7. The molecule has 0 spiro atoms. The predicted molar refractivity (Wildman–Crippen MR) is 259 cm³/mol. The standard InChI is InChI=1S/C52H58N10O5/c63-51(61-23-19-57(20-24-61)15-17-59-27-31-65-32-28-59)41-9-11-43-45(35-41)55-49(53-43)39-5-1-37(2-6-39)47-13-14-48(67-47)38-3-7-40(8-4-38)50-54-44-12-10-42(36-46(44)56-50)52(64)62-25-21-58(22-26-62)16-18-60-29-33-66-34-30-60/h1-14,35-36H,15-34H2,(H,53,55)(H,54,56). The molecule has 11 rings (SSSR count). The van der Waals surface area contributed by atoms with Crippen LogP contribution in [0.4, 0.5) is 0 Å². The normalized spacial score (nSPS) is 18.3. The van der Waals surface area contributed by atoms with Gasteiger partial charge in [-0.15, -0.1) is 0 Å². The Bertz CT molecular complexity index is 2620. The summed E-state index contributed by atoms with van der Waals surface area (Å²) in [5.41, 5.74) is 8.48. The molecular weight excluding hydrogens is 845 g/mol. The maximum atomic E-state index is 13.5. The Balaban J connectivity index is 0.682. The van der Waals surface area contributed by atoms with Gasteiger partial charge in [0.15, 0.2) is 0 Å². The van der Waals surface area contributed by atoms with E-state index in [1.807, 2.05) is 107 Å². The largest absolute Gasteiger partial charge is 0.456 e. The Labute approximate surface area is 390 Å². The fraction of sp³-hybridized carbons (Fsp3) is 0.385. The van der Waals surface area contributed by atoms with Crippen molar-refractivity contribution in [2.45, 2.75) is 0 Å². The molecule has 2 N–H and O–H groups in total. The van der Waals surface area contributed by atoms with E-state index >= 15 is 0 Å². The summed E-state index contributed by atoms with van der Waals surface area (Å²) < 4.78 is 17.3. The SMILES string of the molecule is O=C(c1ccc2nc(-c3ccc(-c4ccc(-c5ccc(-c6nc7ccc(C(=O)N8CCN(CCN9CCOCC9)CC8)cc7[nH]6)cc5)o4)cc3)[nH]c2c1)N1CCN(CCN2CCOCC2)CC1. The molecule has 0 atom stereocenters. The van der Waals surface area contributed by atoms with Crippen LogP contribution in [-0.4, -0.2) is 192 Å². The van der Waals surface area contributed by atoms with Gasteiger partial charge in [-0.05, 0) is 48.5 Å². The van der Waals surface area contributed by atoms with Gasteiger partial charge in [0.25, 0.3) is 11.8 Å². The smallest absolute Gasteiger partial charge is 0.254 e. The van der Waals surface area contributed by atoms with Gasteiger partial charge in [-0.25, -0.2) is 9.97 Å². The number of imidazole rings is 2. The van der Waals surface area contributed by atoms with Crippen molar-refractivity contribution in [1.82, 2.24) is 49.3 Å². The zero-order valence-electron chi connectivity index (χ0n) is 38.0. The summed E-state index contributed by atoms with van der Waals surface area (Å²) in [5.74, 6) is 3.16. The quantitative estimate of drug-likeness (QED) is 0.152. The Hall–Kier alpha value is -6.20. The van der Waals surface area contributed by atoms with Gasteiger partial charge in [0, 0.05) is 138 Å². The number of piperazine rings is 2. The van der Waals surface area contributed by atoms with Crippen LogP contribution in [0.1, 0.15) is 20.7 Å². The second kappa shape index (κ2) is 19.6. The number of carbonyl (C=O) groups is 2. The van der Waals surface area contributed by atoms with Gasteiger partial charge in [0.2, 0.25) is 0 Å². The Morgan fingerprint density at radius 2 is 0.791 bits per heavy atom. The highest BCUT2D eigenvalue weighted by molar-refractivity contribution is 5.98. The highest BCUT2D eigenvalue weighted by atomic mass is 16.5. The van der Waals surface area contributed by atoms with Crippen LogP contribution in [0.5, 0.6) is 0 Å². The van der Waals surface area contributed by atoms with E-state index in [9.17, 15) is 9.59 Å². The van der Waals surface area contributed by atoms with E-state index in [0.29, 0.717) is 11.1 Å². The topological polar surface area (TPSA) is 143 Å². The van der Waals surface area contributed by atoms with Crippen LogP contribution in [-0.2, 0) is 9.47 Å². The molecule has 4 saturated heterocycles. The third-order valence-corrected chi connectivity index (χ3v) is 13.9. The van der Waals surface area contributed by atoms with E-state index in [1.54, 1.807) is 0 Å². The van der Waals surface area contributed by atoms with E-state index in [2.05, 4.69) is 29.6 Å². The van der Waals surface area contributed by atoms with Gasteiger partial charge in [0.1, 0.15) is 23.2 Å². The second-order valence-electron chi connectivity index (χ2n) is 18.1. The number of carbonyl (C=O) groups excluding carboxylic acids is 2. The summed E-state index contributed by atoms with van der Waals surface area (Å²) in [6, 6.07) is 31.8. The van der Waals surface area contributed by atoms with Gasteiger partial charge in [-0.2, -0.15) is 0 Å².